The number of esters is 2. The van der Waals surface area contributed by atoms with Gasteiger partial charge in [-0.15, -0.1) is 0 Å². The highest BCUT2D eigenvalue weighted by Gasteiger charge is 2.33. The normalized spacial score (nSPS) is 17.3. The molecule has 1 atom stereocenters. The first kappa shape index (κ1) is 17.6. The van der Waals surface area contributed by atoms with E-state index < -0.39 is 23.8 Å². The molecule has 7 heteroatoms. The van der Waals surface area contributed by atoms with Crippen molar-refractivity contribution < 1.29 is 28.7 Å². The molecule has 120 valence electrons. The molecule has 1 rings (SSSR count). The fraction of sp³-hybridized carbons (Fsp3) is 0.467. The minimum atomic E-state index is -0.942. The second kappa shape index (κ2) is 8.11. The molecule has 0 aromatic carbocycles. The fourth-order valence-electron chi connectivity index (χ4n) is 1.95. The summed E-state index contributed by atoms with van der Waals surface area (Å²) in [5.74, 6) is -2.55. The molecular weight excluding hydrogens is 290 g/mol. The second-order valence-electron chi connectivity index (χ2n) is 4.52. The molecule has 1 heterocycles. The van der Waals surface area contributed by atoms with Gasteiger partial charge in [0.1, 0.15) is 6.04 Å². The molecular formula is C15H19NO6. The van der Waals surface area contributed by atoms with Gasteiger partial charge in [-0.1, -0.05) is 6.08 Å². The van der Waals surface area contributed by atoms with Crippen LogP contribution in [0.15, 0.2) is 23.9 Å². The molecule has 0 aromatic rings. The molecule has 0 saturated carbocycles. The van der Waals surface area contributed by atoms with Crippen molar-refractivity contribution in [3.63, 3.8) is 0 Å². The number of hydrogen-bond acceptors (Lipinski definition) is 6. The Hall–Kier alpha value is -2.44. The maximum atomic E-state index is 11.8. The summed E-state index contributed by atoms with van der Waals surface area (Å²) in [5, 5.41) is 0. The van der Waals surface area contributed by atoms with Crippen LogP contribution in [0.1, 0.15) is 27.2 Å². The fourth-order valence-corrected chi connectivity index (χ4v) is 1.95. The van der Waals surface area contributed by atoms with E-state index in [0.29, 0.717) is 5.57 Å². The molecule has 1 unspecified atom stereocenters. The molecule has 0 bridgehead atoms. The van der Waals surface area contributed by atoms with E-state index in [-0.39, 0.29) is 25.5 Å². The first-order valence-electron chi connectivity index (χ1n) is 6.96. The van der Waals surface area contributed by atoms with Crippen LogP contribution in [0.5, 0.6) is 0 Å². The van der Waals surface area contributed by atoms with Crippen LogP contribution in [0.4, 0.5) is 0 Å². The van der Waals surface area contributed by atoms with Gasteiger partial charge < -0.3 is 14.4 Å². The van der Waals surface area contributed by atoms with Crippen LogP contribution in [-0.4, -0.2) is 47.8 Å². The average Bonchev–Trinajstić information content (AvgIpc) is 2.89. The van der Waals surface area contributed by atoms with Crippen molar-refractivity contribution in [3.8, 4) is 0 Å². The highest BCUT2D eigenvalue weighted by molar-refractivity contribution is 6.38. The lowest BCUT2D eigenvalue weighted by atomic mass is 10.1. The number of rotatable bonds is 6. The summed E-state index contributed by atoms with van der Waals surface area (Å²) >= 11 is 0. The quantitative estimate of drug-likeness (QED) is 0.408. The number of ether oxygens (including phenoxy) is 2. The largest absolute Gasteiger partial charge is 0.464 e. The van der Waals surface area contributed by atoms with Gasteiger partial charge in [0, 0.05) is 19.5 Å². The van der Waals surface area contributed by atoms with E-state index in [4.69, 9.17) is 4.74 Å². The zero-order valence-electron chi connectivity index (χ0n) is 12.8. The summed E-state index contributed by atoms with van der Waals surface area (Å²) < 4.78 is 9.49. The maximum Gasteiger partial charge on any atom is 0.379 e. The molecule has 0 N–H and O–H groups in total. The van der Waals surface area contributed by atoms with Gasteiger partial charge in [-0.3, -0.25) is 9.59 Å². The number of carbonyl (C=O) groups is 4. The highest BCUT2D eigenvalue weighted by Crippen LogP contribution is 2.24. The first-order chi connectivity index (χ1) is 10.4. The molecule has 0 radical (unpaired) electrons. The average molecular weight is 309 g/mol. The minimum Gasteiger partial charge on any atom is -0.464 e. The monoisotopic (exact) mass is 309 g/mol. The number of allylic oxidation sites excluding steroid dienone is 1. The molecule has 22 heavy (non-hydrogen) atoms. The lowest BCUT2D eigenvalue weighted by Crippen LogP contribution is -2.38. The zero-order chi connectivity index (χ0) is 16.7. The summed E-state index contributed by atoms with van der Waals surface area (Å²) in [5.41, 5.74) is 0.575. The van der Waals surface area contributed by atoms with Gasteiger partial charge in [0.15, 0.2) is 0 Å². The Labute approximate surface area is 128 Å². The summed E-state index contributed by atoms with van der Waals surface area (Å²) in [4.78, 5) is 47.3. The van der Waals surface area contributed by atoms with E-state index in [9.17, 15) is 19.2 Å². The molecule has 1 amide bonds. The lowest BCUT2D eigenvalue weighted by molar-refractivity contribution is -0.151. The molecule has 1 aliphatic heterocycles. The molecule has 0 fully saturated rings. The Bertz CT molecular complexity index is 534. The predicted octanol–water partition coefficient (Wildman–Crippen LogP) is 0.743. The molecule has 0 aromatic heterocycles. The van der Waals surface area contributed by atoms with Crippen molar-refractivity contribution in [1.82, 2.24) is 4.90 Å². The van der Waals surface area contributed by atoms with Crippen LogP contribution < -0.4 is 0 Å². The van der Waals surface area contributed by atoms with Crippen molar-refractivity contribution in [3.05, 3.63) is 23.9 Å². The van der Waals surface area contributed by atoms with E-state index in [1.165, 1.54) is 24.1 Å². The third-order valence-electron chi connectivity index (χ3n) is 2.92. The van der Waals surface area contributed by atoms with E-state index in [2.05, 4.69) is 4.74 Å². The summed E-state index contributed by atoms with van der Waals surface area (Å²) in [6.45, 7) is 4.94. The Kier molecular flexibility index (Phi) is 6.49. The Morgan fingerprint density at radius 3 is 2.41 bits per heavy atom. The zero-order valence-corrected chi connectivity index (χ0v) is 12.8. The van der Waals surface area contributed by atoms with Crippen LogP contribution >= 0.6 is 0 Å². The lowest BCUT2D eigenvalue weighted by Gasteiger charge is -2.20. The third kappa shape index (κ3) is 4.54. The highest BCUT2D eigenvalue weighted by atomic mass is 16.5. The van der Waals surface area contributed by atoms with Crippen LogP contribution in [-0.2, 0) is 28.7 Å². The van der Waals surface area contributed by atoms with Gasteiger partial charge in [0.25, 0.3) is 5.78 Å². The van der Waals surface area contributed by atoms with Crippen molar-refractivity contribution in [2.75, 3.05) is 13.2 Å². The van der Waals surface area contributed by atoms with Gasteiger partial charge in [-0.05, 0) is 25.5 Å². The van der Waals surface area contributed by atoms with Gasteiger partial charge in [0.05, 0.1) is 13.2 Å². The molecule has 1 aliphatic rings. The van der Waals surface area contributed by atoms with E-state index in [1.54, 1.807) is 13.8 Å². The summed E-state index contributed by atoms with van der Waals surface area (Å²) in [7, 11) is 0. The van der Waals surface area contributed by atoms with E-state index in [1.807, 2.05) is 0 Å². The van der Waals surface area contributed by atoms with Gasteiger partial charge in [-0.2, -0.15) is 0 Å². The number of amides is 1. The second-order valence-corrected chi connectivity index (χ2v) is 4.52. The number of nitrogens with zero attached hydrogens (tertiary/aromatic N) is 1. The molecule has 7 nitrogen and oxygen atoms in total. The van der Waals surface area contributed by atoms with Crippen LogP contribution in [0.25, 0.3) is 0 Å². The number of carbonyl (C=O) groups excluding carboxylic acids is 4. The number of hydrogen-bond donors (Lipinski definition) is 0. The predicted molar refractivity (Wildman–Crippen MR) is 76.4 cm³/mol. The smallest absolute Gasteiger partial charge is 0.379 e. The van der Waals surface area contributed by atoms with E-state index >= 15 is 0 Å². The topological polar surface area (TPSA) is 90.0 Å². The SMILES string of the molecule is CCOC(=O)C(=O)/C=C/C1=CN(C(C)=O)C(C(=O)OCC)C1. The van der Waals surface area contributed by atoms with Crippen molar-refractivity contribution >= 4 is 23.6 Å². The van der Waals surface area contributed by atoms with Gasteiger partial charge in [0.2, 0.25) is 5.91 Å². The first-order valence-corrected chi connectivity index (χ1v) is 6.96. The minimum absolute atomic E-state index is 0.115. The van der Waals surface area contributed by atoms with Crippen molar-refractivity contribution in [2.24, 2.45) is 0 Å². The van der Waals surface area contributed by atoms with Crippen molar-refractivity contribution in [2.45, 2.75) is 33.2 Å². The van der Waals surface area contributed by atoms with Gasteiger partial charge >= 0.3 is 11.9 Å². The molecule has 0 saturated heterocycles. The summed E-state index contributed by atoms with van der Waals surface area (Å²) in [6.07, 6.45) is 4.16. The Morgan fingerprint density at radius 2 is 1.86 bits per heavy atom. The van der Waals surface area contributed by atoms with Gasteiger partial charge in [-0.25, -0.2) is 9.59 Å². The van der Waals surface area contributed by atoms with Crippen molar-refractivity contribution in [1.29, 1.82) is 0 Å². The van der Waals surface area contributed by atoms with Crippen LogP contribution in [0.2, 0.25) is 0 Å². The molecule has 0 aliphatic carbocycles. The Balaban J connectivity index is 2.78. The third-order valence-corrected chi connectivity index (χ3v) is 2.92. The van der Waals surface area contributed by atoms with Crippen LogP contribution in [0, 0.1) is 0 Å². The van der Waals surface area contributed by atoms with E-state index in [0.717, 1.165) is 6.08 Å². The number of ketones is 1. The van der Waals surface area contributed by atoms with Crippen LogP contribution in [0.3, 0.4) is 0 Å². The standard InChI is InChI=1S/C15H19NO6/c1-4-21-14(19)12-8-11(9-16(12)10(3)17)6-7-13(18)15(20)22-5-2/h6-7,9,12H,4-5,8H2,1-3H3/b7-6+. The maximum absolute atomic E-state index is 11.8. The molecule has 0 spiro atoms. The summed E-state index contributed by atoms with van der Waals surface area (Å²) in [6, 6.07) is -0.741. The Morgan fingerprint density at radius 1 is 1.23 bits per heavy atom.